The van der Waals surface area contributed by atoms with Gasteiger partial charge in [-0.3, -0.25) is 0 Å². The highest BCUT2D eigenvalue weighted by Gasteiger charge is 2.33. The lowest BCUT2D eigenvalue weighted by atomic mass is 9.75. The molecule has 2 aliphatic carbocycles. The molecule has 0 amide bonds. The third kappa shape index (κ3) is 3.17. The van der Waals surface area contributed by atoms with Gasteiger partial charge in [-0.15, -0.1) is 11.3 Å². The molecule has 0 spiro atoms. The summed E-state index contributed by atoms with van der Waals surface area (Å²) in [6.45, 7) is 4.77. The number of rotatable bonds is 3. The molecule has 1 N–H and O–H groups in total. The second-order valence-corrected chi connectivity index (χ2v) is 9.74. The molecule has 25 heavy (non-hydrogen) atoms. The summed E-state index contributed by atoms with van der Waals surface area (Å²) in [6, 6.07) is 1.27. The van der Waals surface area contributed by atoms with E-state index in [1.54, 1.807) is 6.33 Å². The molecular weight excluding hydrogens is 328 g/mol. The van der Waals surface area contributed by atoms with Gasteiger partial charge in [-0.05, 0) is 70.0 Å². The molecule has 2 heterocycles. The Balaban J connectivity index is 1.64. The van der Waals surface area contributed by atoms with E-state index >= 15 is 0 Å². The van der Waals surface area contributed by atoms with Gasteiger partial charge in [0.25, 0.3) is 0 Å². The van der Waals surface area contributed by atoms with Crippen LogP contribution in [0.3, 0.4) is 0 Å². The van der Waals surface area contributed by atoms with Crippen LogP contribution in [0.25, 0.3) is 10.2 Å². The molecule has 0 bridgehead atoms. The number of hydrogen-bond donors (Lipinski definition) is 1. The van der Waals surface area contributed by atoms with Gasteiger partial charge in [-0.1, -0.05) is 13.8 Å². The predicted octanol–water partition coefficient (Wildman–Crippen LogP) is 4.59. The highest BCUT2D eigenvalue weighted by molar-refractivity contribution is 7.19. The van der Waals surface area contributed by atoms with Gasteiger partial charge in [0.15, 0.2) is 0 Å². The Kier molecular flexibility index (Phi) is 4.49. The molecule has 0 radical (unpaired) electrons. The maximum absolute atomic E-state index is 4.68. The number of hydrogen-bond acceptors (Lipinski definition) is 5. The van der Waals surface area contributed by atoms with Crippen molar-refractivity contribution in [3.05, 3.63) is 16.8 Å². The van der Waals surface area contributed by atoms with E-state index in [2.05, 4.69) is 48.1 Å². The average molecular weight is 359 g/mol. The molecule has 5 heteroatoms. The fourth-order valence-corrected chi connectivity index (χ4v) is 6.09. The minimum atomic E-state index is 0.232. The monoisotopic (exact) mass is 358 g/mol. The molecule has 0 saturated heterocycles. The fraction of sp³-hybridized carbons (Fsp3) is 0.700. The first-order valence-corrected chi connectivity index (χ1v) is 10.5. The van der Waals surface area contributed by atoms with E-state index in [9.17, 15) is 0 Å². The van der Waals surface area contributed by atoms with Crippen molar-refractivity contribution in [2.75, 3.05) is 19.4 Å². The summed E-state index contributed by atoms with van der Waals surface area (Å²) >= 11 is 1.88. The Morgan fingerprint density at radius 2 is 1.92 bits per heavy atom. The van der Waals surface area contributed by atoms with Gasteiger partial charge in [-0.25, -0.2) is 9.97 Å². The molecule has 2 aromatic rings. The van der Waals surface area contributed by atoms with Crippen molar-refractivity contribution in [2.24, 2.45) is 0 Å². The van der Waals surface area contributed by atoms with E-state index in [1.165, 1.54) is 65.6 Å². The predicted molar refractivity (Wildman–Crippen MR) is 107 cm³/mol. The van der Waals surface area contributed by atoms with Crippen molar-refractivity contribution in [3.8, 4) is 0 Å². The summed E-state index contributed by atoms with van der Waals surface area (Å²) in [5.41, 5.74) is 1.75. The molecule has 0 unspecified atom stereocenters. The Bertz CT molecular complexity index is 756. The second-order valence-electron chi connectivity index (χ2n) is 8.65. The number of nitrogens with one attached hydrogen (secondary N) is 1. The van der Waals surface area contributed by atoms with Crippen molar-refractivity contribution in [2.45, 2.75) is 76.3 Å². The van der Waals surface area contributed by atoms with Crippen LogP contribution in [0, 0.1) is 0 Å². The van der Waals surface area contributed by atoms with Gasteiger partial charge in [0.05, 0.1) is 5.39 Å². The highest BCUT2D eigenvalue weighted by Crippen LogP contribution is 2.46. The third-order valence-electron chi connectivity index (χ3n) is 6.21. The van der Waals surface area contributed by atoms with E-state index in [-0.39, 0.29) is 5.41 Å². The van der Waals surface area contributed by atoms with Crippen LogP contribution in [-0.2, 0) is 11.8 Å². The zero-order valence-corrected chi connectivity index (χ0v) is 16.7. The highest BCUT2D eigenvalue weighted by atomic mass is 32.1. The number of aryl methyl sites for hydroxylation is 1. The lowest BCUT2D eigenvalue weighted by Gasteiger charge is -2.34. The van der Waals surface area contributed by atoms with E-state index in [0.717, 1.165) is 11.9 Å². The maximum Gasteiger partial charge on any atom is 0.138 e. The van der Waals surface area contributed by atoms with E-state index in [1.807, 2.05) is 11.3 Å². The zero-order valence-electron chi connectivity index (χ0n) is 15.9. The Morgan fingerprint density at radius 3 is 2.64 bits per heavy atom. The molecule has 1 saturated carbocycles. The minimum absolute atomic E-state index is 0.232. The number of fused-ring (bicyclic) bond motifs is 3. The summed E-state index contributed by atoms with van der Waals surface area (Å²) in [7, 11) is 4.40. The SMILES string of the molecule is CN(C)[C@H]1CC[C@H](Nc2ncnc3sc4c(c23)C(C)(C)CCC4)CC1. The van der Waals surface area contributed by atoms with Gasteiger partial charge in [0.1, 0.15) is 17.0 Å². The Hall–Kier alpha value is -1.20. The third-order valence-corrected chi connectivity index (χ3v) is 7.37. The number of thiophene rings is 1. The number of aromatic nitrogens is 2. The minimum Gasteiger partial charge on any atom is -0.367 e. The van der Waals surface area contributed by atoms with Crippen LogP contribution in [0.5, 0.6) is 0 Å². The number of anilines is 1. The van der Waals surface area contributed by atoms with Crippen molar-refractivity contribution in [1.29, 1.82) is 0 Å². The molecule has 0 atom stereocenters. The Morgan fingerprint density at radius 1 is 1.16 bits per heavy atom. The van der Waals surface area contributed by atoms with Crippen LogP contribution in [0.1, 0.15) is 62.8 Å². The van der Waals surface area contributed by atoms with Crippen LogP contribution in [0.2, 0.25) is 0 Å². The normalized spacial score (nSPS) is 26.0. The van der Waals surface area contributed by atoms with E-state index in [4.69, 9.17) is 0 Å². The number of nitrogens with zero attached hydrogens (tertiary/aromatic N) is 3. The van der Waals surface area contributed by atoms with E-state index < -0.39 is 0 Å². The summed E-state index contributed by atoms with van der Waals surface area (Å²) < 4.78 is 0. The quantitative estimate of drug-likeness (QED) is 0.871. The summed E-state index contributed by atoms with van der Waals surface area (Å²) in [5.74, 6) is 1.07. The van der Waals surface area contributed by atoms with Gasteiger partial charge >= 0.3 is 0 Å². The fourth-order valence-electron chi connectivity index (χ4n) is 4.73. The first-order valence-electron chi connectivity index (χ1n) is 9.65. The molecule has 2 aliphatic rings. The van der Waals surface area contributed by atoms with Crippen LogP contribution in [-0.4, -0.2) is 41.0 Å². The average Bonchev–Trinajstić information content (AvgIpc) is 2.96. The van der Waals surface area contributed by atoms with Crippen LogP contribution in [0.15, 0.2) is 6.33 Å². The van der Waals surface area contributed by atoms with E-state index in [0.29, 0.717) is 6.04 Å². The smallest absolute Gasteiger partial charge is 0.138 e. The van der Waals surface area contributed by atoms with Gasteiger partial charge in [-0.2, -0.15) is 0 Å². The molecule has 136 valence electrons. The lowest BCUT2D eigenvalue weighted by Crippen LogP contribution is -2.36. The van der Waals surface area contributed by atoms with Crippen molar-refractivity contribution < 1.29 is 0 Å². The summed E-state index contributed by atoms with van der Waals surface area (Å²) in [5, 5.41) is 5.10. The second kappa shape index (κ2) is 6.51. The topological polar surface area (TPSA) is 41.0 Å². The first-order chi connectivity index (χ1) is 12.0. The molecule has 4 nitrogen and oxygen atoms in total. The zero-order chi connectivity index (χ0) is 17.6. The molecule has 0 aromatic carbocycles. The molecule has 1 fully saturated rings. The van der Waals surface area contributed by atoms with Gasteiger partial charge in [0.2, 0.25) is 0 Å². The lowest BCUT2D eigenvalue weighted by molar-refractivity contribution is 0.221. The molecule has 4 rings (SSSR count). The van der Waals surface area contributed by atoms with Crippen molar-refractivity contribution in [3.63, 3.8) is 0 Å². The molecule has 2 aromatic heterocycles. The van der Waals surface area contributed by atoms with Crippen molar-refractivity contribution in [1.82, 2.24) is 14.9 Å². The van der Waals surface area contributed by atoms with Crippen LogP contribution in [0.4, 0.5) is 5.82 Å². The standard InChI is InChI=1S/C20H30N4S/c1-20(2)11-5-6-15-17(20)16-18(21-12-22-19(16)25-15)23-13-7-9-14(10-8-13)24(3)4/h12-14H,5-11H2,1-4H3,(H,21,22,23)/t13-,14-. The van der Waals surface area contributed by atoms with Gasteiger partial charge in [0, 0.05) is 17.0 Å². The largest absolute Gasteiger partial charge is 0.367 e. The van der Waals surface area contributed by atoms with Crippen LogP contribution < -0.4 is 5.32 Å². The molecular formula is C20H30N4S. The maximum atomic E-state index is 4.68. The summed E-state index contributed by atoms with van der Waals surface area (Å²) in [4.78, 5) is 14.3. The van der Waals surface area contributed by atoms with Crippen molar-refractivity contribution >= 4 is 27.4 Å². The van der Waals surface area contributed by atoms with Crippen LogP contribution >= 0.6 is 11.3 Å². The molecule has 0 aliphatic heterocycles. The van der Waals surface area contributed by atoms with Gasteiger partial charge < -0.3 is 10.2 Å². The summed E-state index contributed by atoms with van der Waals surface area (Å²) in [6.07, 6.45) is 10.5. The first kappa shape index (κ1) is 17.2. The Labute approximate surface area is 155 Å².